The maximum absolute atomic E-state index is 12.7. The zero-order chi connectivity index (χ0) is 24.0. The number of nitrogens with one attached hydrogen (secondary N) is 1. The minimum atomic E-state index is -0.669. The van der Waals surface area contributed by atoms with Gasteiger partial charge < -0.3 is 10.4 Å². The lowest BCUT2D eigenvalue weighted by Crippen LogP contribution is -2.27. The first-order chi connectivity index (χ1) is 15.8. The Labute approximate surface area is 207 Å². The standard InChI is InChI=1S/C23H28Cl2N4O3S/c1-3-5-9-28(10-6-4-2)13-16-14-29-22(32)20(30)19(27-23(29)33-16)21(31)26-12-15-7-8-17(24)18(25)11-15/h7-8,11,14,30H,3-6,9-10,12-13H2,1-2H3,(H,26,31). The molecular weight excluding hydrogens is 483 g/mol. The molecule has 33 heavy (non-hydrogen) atoms. The zero-order valence-electron chi connectivity index (χ0n) is 18.7. The average Bonchev–Trinajstić information content (AvgIpc) is 3.21. The van der Waals surface area contributed by atoms with Gasteiger partial charge in [-0.1, -0.05) is 67.3 Å². The molecular formula is C23H28Cl2N4O3S. The minimum Gasteiger partial charge on any atom is -0.501 e. The molecule has 1 aromatic carbocycles. The summed E-state index contributed by atoms with van der Waals surface area (Å²) in [5.74, 6) is -1.31. The molecule has 1 amide bonds. The van der Waals surface area contributed by atoms with Crippen LogP contribution in [0.15, 0.2) is 29.2 Å². The second kappa shape index (κ2) is 11.8. The van der Waals surface area contributed by atoms with E-state index < -0.39 is 17.2 Å². The SMILES string of the molecule is CCCCN(CCCC)Cc1cn2c(=O)c(O)c(C(=O)NCc3ccc(Cl)c(Cl)c3)nc2s1. The van der Waals surface area contributed by atoms with Gasteiger partial charge >= 0.3 is 5.56 Å². The van der Waals surface area contributed by atoms with E-state index in [0.717, 1.165) is 49.2 Å². The predicted molar refractivity (Wildman–Crippen MR) is 134 cm³/mol. The van der Waals surface area contributed by atoms with E-state index in [4.69, 9.17) is 23.2 Å². The van der Waals surface area contributed by atoms with Crippen LogP contribution in [0.25, 0.3) is 4.96 Å². The van der Waals surface area contributed by atoms with Gasteiger partial charge in [-0.3, -0.25) is 18.9 Å². The molecule has 0 radical (unpaired) electrons. The fourth-order valence-electron chi connectivity index (χ4n) is 3.38. The highest BCUT2D eigenvalue weighted by molar-refractivity contribution is 7.17. The Morgan fingerprint density at radius 2 is 1.88 bits per heavy atom. The summed E-state index contributed by atoms with van der Waals surface area (Å²) in [6.45, 7) is 7.15. The molecule has 0 atom stereocenters. The third kappa shape index (κ3) is 6.47. The number of amides is 1. The molecule has 2 aromatic heterocycles. The van der Waals surface area contributed by atoms with Gasteiger partial charge in [0.25, 0.3) is 5.91 Å². The summed E-state index contributed by atoms with van der Waals surface area (Å²) in [6, 6.07) is 5.01. The predicted octanol–water partition coefficient (Wildman–Crippen LogP) is 5.10. The molecule has 0 spiro atoms. The van der Waals surface area contributed by atoms with E-state index in [9.17, 15) is 14.7 Å². The maximum Gasteiger partial charge on any atom is 0.301 e. The van der Waals surface area contributed by atoms with Crippen LogP contribution in [0.1, 0.15) is 60.5 Å². The Balaban J connectivity index is 1.79. The molecule has 0 aliphatic carbocycles. The van der Waals surface area contributed by atoms with Gasteiger partial charge in [-0.25, -0.2) is 4.98 Å². The number of hydrogen-bond donors (Lipinski definition) is 2. The second-order valence-corrected chi connectivity index (χ2v) is 9.79. The maximum atomic E-state index is 12.7. The molecule has 0 saturated carbocycles. The number of nitrogens with zero attached hydrogens (tertiary/aromatic N) is 3. The molecule has 10 heteroatoms. The zero-order valence-corrected chi connectivity index (χ0v) is 21.1. The third-order valence-electron chi connectivity index (χ3n) is 5.24. The van der Waals surface area contributed by atoms with Crippen molar-refractivity contribution in [3.05, 3.63) is 60.9 Å². The van der Waals surface area contributed by atoms with Crippen molar-refractivity contribution >= 4 is 45.4 Å². The number of benzene rings is 1. The highest BCUT2D eigenvalue weighted by Crippen LogP contribution is 2.23. The van der Waals surface area contributed by atoms with Crippen molar-refractivity contribution < 1.29 is 9.90 Å². The molecule has 2 heterocycles. The van der Waals surface area contributed by atoms with Crippen LogP contribution in [-0.2, 0) is 13.1 Å². The normalized spacial score (nSPS) is 11.4. The molecule has 2 N–H and O–H groups in total. The van der Waals surface area contributed by atoms with Crippen molar-refractivity contribution in [1.82, 2.24) is 19.6 Å². The fourth-order valence-corrected chi connectivity index (χ4v) is 4.71. The Hall–Kier alpha value is -2.13. The van der Waals surface area contributed by atoms with Crippen LogP contribution >= 0.6 is 34.5 Å². The van der Waals surface area contributed by atoms with Crippen LogP contribution in [0.2, 0.25) is 10.0 Å². The van der Waals surface area contributed by atoms with E-state index in [1.165, 1.54) is 15.7 Å². The van der Waals surface area contributed by atoms with Crippen molar-refractivity contribution in [1.29, 1.82) is 0 Å². The lowest BCUT2D eigenvalue weighted by Gasteiger charge is -2.20. The highest BCUT2D eigenvalue weighted by Gasteiger charge is 2.20. The molecule has 0 aliphatic heterocycles. The van der Waals surface area contributed by atoms with Gasteiger partial charge in [0.2, 0.25) is 5.75 Å². The molecule has 0 saturated heterocycles. The van der Waals surface area contributed by atoms with Crippen molar-refractivity contribution in [3.63, 3.8) is 0 Å². The van der Waals surface area contributed by atoms with Crippen LogP contribution in [-0.4, -0.2) is 38.4 Å². The van der Waals surface area contributed by atoms with Crippen molar-refractivity contribution in [2.75, 3.05) is 13.1 Å². The number of carbonyl (C=O) groups excluding carboxylic acids is 1. The second-order valence-electron chi connectivity index (χ2n) is 7.88. The summed E-state index contributed by atoms with van der Waals surface area (Å²) >= 11 is 13.3. The van der Waals surface area contributed by atoms with Gasteiger partial charge in [0, 0.05) is 24.2 Å². The first kappa shape index (κ1) is 25.5. The Morgan fingerprint density at radius 1 is 1.18 bits per heavy atom. The van der Waals surface area contributed by atoms with Crippen molar-refractivity contribution in [3.8, 4) is 5.75 Å². The molecule has 3 rings (SSSR count). The quantitative estimate of drug-likeness (QED) is 0.374. The highest BCUT2D eigenvalue weighted by atomic mass is 35.5. The lowest BCUT2D eigenvalue weighted by molar-refractivity contribution is 0.0943. The Bertz CT molecular complexity index is 1170. The summed E-state index contributed by atoms with van der Waals surface area (Å²) < 4.78 is 1.31. The van der Waals surface area contributed by atoms with Crippen molar-refractivity contribution in [2.45, 2.75) is 52.6 Å². The molecule has 0 fully saturated rings. The number of hydrogen-bond acceptors (Lipinski definition) is 6. The number of halogens is 2. The van der Waals surface area contributed by atoms with E-state index in [1.807, 2.05) is 0 Å². The lowest BCUT2D eigenvalue weighted by atomic mass is 10.2. The number of unbranched alkanes of at least 4 members (excludes halogenated alkanes) is 2. The van der Waals surface area contributed by atoms with E-state index in [-0.39, 0.29) is 12.2 Å². The summed E-state index contributed by atoms with van der Waals surface area (Å²) in [4.78, 5) is 33.4. The number of fused-ring (bicyclic) bond motifs is 1. The molecule has 3 aromatic rings. The van der Waals surface area contributed by atoms with Crippen LogP contribution in [0, 0.1) is 0 Å². The topological polar surface area (TPSA) is 86.9 Å². The number of thiazole rings is 1. The van der Waals surface area contributed by atoms with Gasteiger partial charge in [-0.2, -0.15) is 0 Å². The van der Waals surface area contributed by atoms with Crippen LogP contribution in [0.5, 0.6) is 5.75 Å². The molecule has 0 bridgehead atoms. The summed E-state index contributed by atoms with van der Waals surface area (Å²) in [6.07, 6.45) is 6.15. The minimum absolute atomic E-state index is 0.149. The van der Waals surface area contributed by atoms with Crippen LogP contribution < -0.4 is 10.9 Å². The molecule has 7 nitrogen and oxygen atoms in total. The summed E-state index contributed by atoms with van der Waals surface area (Å²) in [5, 5.41) is 13.8. The van der Waals surface area contributed by atoms with Gasteiger partial charge in [0.15, 0.2) is 10.7 Å². The van der Waals surface area contributed by atoms with Crippen molar-refractivity contribution in [2.24, 2.45) is 0 Å². The molecule has 178 valence electrons. The van der Waals surface area contributed by atoms with Gasteiger partial charge in [-0.05, 0) is 43.6 Å². The van der Waals surface area contributed by atoms with E-state index in [2.05, 4.69) is 29.0 Å². The fraction of sp³-hybridized carbons (Fsp3) is 0.435. The smallest absolute Gasteiger partial charge is 0.301 e. The first-order valence-electron chi connectivity index (χ1n) is 11.0. The van der Waals surface area contributed by atoms with E-state index in [1.54, 1.807) is 24.4 Å². The average molecular weight is 511 g/mol. The Morgan fingerprint density at radius 3 is 2.52 bits per heavy atom. The number of aromatic hydroxyl groups is 1. The number of rotatable bonds is 11. The van der Waals surface area contributed by atoms with Crippen LogP contribution in [0.4, 0.5) is 0 Å². The van der Waals surface area contributed by atoms with Gasteiger partial charge in [0.05, 0.1) is 10.0 Å². The monoisotopic (exact) mass is 510 g/mol. The van der Waals surface area contributed by atoms with E-state index >= 15 is 0 Å². The van der Waals surface area contributed by atoms with Gasteiger partial charge in [-0.15, -0.1) is 0 Å². The first-order valence-corrected chi connectivity index (χ1v) is 12.6. The van der Waals surface area contributed by atoms with Crippen LogP contribution in [0.3, 0.4) is 0 Å². The number of aromatic nitrogens is 2. The summed E-state index contributed by atoms with van der Waals surface area (Å²) in [7, 11) is 0. The summed E-state index contributed by atoms with van der Waals surface area (Å²) in [5.41, 5.74) is -0.217. The molecule has 0 unspecified atom stereocenters. The third-order valence-corrected chi connectivity index (χ3v) is 6.95. The largest absolute Gasteiger partial charge is 0.501 e. The molecule has 0 aliphatic rings. The van der Waals surface area contributed by atoms with E-state index in [0.29, 0.717) is 21.6 Å². The number of carbonyl (C=O) groups is 1. The van der Waals surface area contributed by atoms with Gasteiger partial charge in [0.1, 0.15) is 0 Å². The Kier molecular flexibility index (Phi) is 9.14.